The molecule has 10 heteroatoms. The molecule has 1 aliphatic heterocycles. The van der Waals surface area contributed by atoms with E-state index in [1.165, 1.54) is 0 Å². The summed E-state index contributed by atoms with van der Waals surface area (Å²) in [5, 5.41) is 63.2. The van der Waals surface area contributed by atoms with E-state index < -0.39 is 68.1 Å². The summed E-state index contributed by atoms with van der Waals surface area (Å²) in [6, 6.07) is -1.22. The number of hydrogen-bond acceptors (Lipinski definition) is 9. The molecule has 0 aromatic heterocycles. The Labute approximate surface area is 287 Å². The fourth-order valence-corrected chi connectivity index (χ4v) is 3.59. The predicted molar refractivity (Wildman–Crippen MR) is 179 cm³/mol. The largest absolute Gasteiger partial charge is 0.394 e. The van der Waals surface area contributed by atoms with Gasteiger partial charge in [-0.05, 0) is 108 Å². The van der Waals surface area contributed by atoms with Crippen LogP contribution in [0.3, 0.4) is 0 Å². The van der Waals surface area contributed by atoms with Gasteiger partial charge >= 0.3 is 0 Å². The Hall–Kier alpha value is -5.69. The first-order valence-electron chi connectivity index (χ1n) is 14.8. The molecule has 8 atom stereocenters. The van der Waals surface area contributed by atoms with Crippen molar-refractivity contribution < 1.29 is 44.9 Å². The lowest BCUT2D eigenvalue weighted by molar-refractivity contribution is -0.303. The van der Waals surface area contributed by atoms with Gasteiger partial charge in [-0.15, -0.1) is 0 Å². The van der Waals surface area contributed by atoms with E-state index in [0.717, 1.165) is 12.8 Å². The van der Waals surface area contributed by atoms with Gasteiger partial charge in [0.25, 0.3) is 5.91 Å². The maximum absolute atomic E-state index is 12.5. The molecule has 1 heterocycles. The van der Waals surface area contributed by atoms with Gasteiger partial charge in [0.1, 0.15) is 30.5 Å². The fourth-order valence-electron chi connectivity index (χ4n) is 3.59. The number of amides is 1. The molecular formula is C39H33NO9. The minimum absolute atomic E-state index is 0.243. The first kappa shape index (κ1) is 41.3. The zero-order valence-corrected chi connectivity index (χ0v) is 26.8. The number of unbranched alkanes of at least 4 members (excludes halogenated alkanes) is 2. The molecule has 5 unspecified atom stereocenters. The van der Waals surface area contributed by atoms with E-state index in [4.69, 9.17) is 9.47 Å². The Bertz CT molecular complexity index is 1840. The first-order chi connectivity index (χ1) is 23.8. The van der Waals surface area contributed by atoms with Crippen LogP contribution in [0.25, 0.3) is 0 Å². The van der Waals surface area contributed by atoms with Gasteiger partial charge in [0, 0.05) is 29.6 Å². The van der Waals surface area contributed by atoms with Crippen LogP contribution in [0.1, 0.15) is 39.5 Å². The van der Waals surface area contributed by atoms with Crippen molar-refractivity contribution in [1.29, 1.82) is 0 Å². The van der Waals surface area contributed by atoms with Crippen molar-refractivity contribution in [2.24, 2.45) is 0 Å². The van der Waals surface area contributed by atoms with Crippen molar-refractivity contribution in [2.75, 3.05) is 13.2 Å². The third-order valence-electron chi connectivity index (χ3n) is 6.00. The number of nitrogens with one attached hydrogen (secondary N) is 1. The zero-order valence-electron chi connectivity index (χ0n) is 26.8. The van der Waals surface area contributed by atoms with Crippen molar-refractivity contribution in [2.45, 2.75) is 88.5 Å². The molecule has 1 rings (SSSR count). The van der Waals surface area contributed by atoms with Gasteiger partial charge in [0.2, 0.25) is 0 Å². The van der Waals surface area contributed by atoms with Gasteiger partial charge in [0.15, 0.2) is 6.29 Å². The number of carbonyl (C=O) groups excluding carboxylic acids is 1. The highest BCUT2D eigenvalue weighted by Crippen LogP contribution is 2.22. The normalized spacial score (nSPS) is 19.4. The SMILES string of the molecule is CC#CC#CC#CC#CC#CC#CC#CC#CC#CC#CC#CC(=O)N[C@@H](COC1OC(CO)C(O)C(O)C1O)[C@H](O)[C@H](O)CCCCC. The average molecular weight is 660 g/mol. The molecule has 1 amide bonds. The Morgan fingerprint density at radius 3 is 1.63 bits per heavy atom. The van der Waals surface area contributed by atoms with E-state index in [-0.39, 0.29) is 6.42 Å². The van der Waals surface area contributed by atoms with Crippen LogP contribution in [0.4, 0.5) is 0 Å². The predicted octanol–water partition coefficient (Wildman–Crippen LogP) is -2.35. The molecule has 0 aromatic carbocycles. The van der Waals surface area contributed by atoms with Gasteiger partial charge in [-0.3, -0.25) is 4.79 Å². The molecule has 7 N–H and O–H groups in total. The number of ether oxygens (including phenoxy) is 2. The molecule has 0 saturated carbocycles. The summed E-state index contributed by atoms with van der Waals surface area (Å²) >= 11 is 0. The molecule has 1 aliphatic rings. The Morgan fingerprint density at radius 2 is 1.18 bits per heavy atom. The standard InChI is InChI=1S/C39H33NO9/c1-3-5-7-8-9-10-11-12-13-14-15-16-17-18-19-20-21-22-23-24-26-28-34(43)40-31(35(44)32(42)27-25-6-4-2)30-48-39-38(47)37(46)36(45)33(29-41)49-39/h31-33,35-39,41-42,44-47H,4,6,25,27,29-30H2,1-2H3,(H,40,43)/t31-,32+,33?,35-,36?,37?,38?,39?/m0/s1. The topological polar surface area (TPSA) is 169 Å². The van der Waals surface area contributed by atoms with Crippen molar-refractivity contribution in [1.82, 2.24) is 5.32 Å². The van der Waals surface area contributed by atoms with Crippen LogP contribution in [0.15, 0.2) is 0 Å². The lowest BCUT2D eigenvalue weighted by atomic mass is 9.99. The van der Waals surface area contributed by atoms with E-state index in [1.807, 2.05) is 6.92 Å². The molecule has 0 spiro atoms. The van der Waals surface area contributed by atoms with Crippen molar-refractivity contribution in [3.05, 3.63) is 0 Å². The lowest BCUT2D eigenvalue weighted by Gasteiger charge is -2.40. The zero-order chi connectivity index (χ0) is 36.1. The van der Waals surface area contributed by atoms with Crippen LogP contribution in [0.5, 0.6) is 0 Å². The van der Waals surface area contributed by atoms with Gasteiger partial charge in [-0.2, -0.15) is 0 Å². The van der Waals surface area contributed by atoms with Gasteiger partial charge in [0.05, 0.1) is 25.4 Å². The Morgan fingerprint density at radius 1 is 0.714 bits per heavy atom. The first-order valence-corrected chi connectivity index (χ1v) is 14.8. The van der Waals surface area contributed by atoms with Crippen LogP contribution in [0.2, 0.25) is 0 Å². The van der Waals surface area contributed by atoms with Crippen LogP contribution < -0.4 is 5.32 Å². The molecule has 0 aliphatic carbocycles. The fraction of sp³-hybridized carbons (Fsp3) is 0.410. The molecule has 10 nitrogen and oxygen atoms in total. The summed E-state index contributed by atoms with van der Waals surface area (Å²) in [6.45, 7) is 2.49. The summed E-state index contributed by atoms with van der Waals surface area (Å²) in [5.74, 6) is 53.0. The third kappa shape index (κ3) is 18.3. The van der Waals surface area contributed by atoms with Gasteiger partial charge in [-0.25, -0.2) is 0 Å². The molecule has 0 aromatic rings. The highest BCUT2D eigenvalue weighted by Gasteiger charge is 2.44. The summed E-state index contributed by atoms with van der Waals surface area (Å²) in [5.41, 5.74) is 0. The van der Waals surface area contributed by atoms with Crippen LogP contribution in [-0.2, 0) is 14.3 Å². The van der Waals surface area contributed by atoms with E-state index >= 15 is 0 Å². The summed E-state index contributed by atoms with van der Waals surface area (Å²) in [6.07, 6.45) is -7.85. The molecule has 248 valence electrons. The molecule has 1 fully saturated rings. The van der Waals surface area contributed by atoms with Crippen molar-refractivity contribution in [3.8, 4) is 130 Å². The van der Waals surface area contributed by atoms with E-state index in [2.05, 4.69) is 136 Å². The maximum Gasteiger partial charge on any atom is 0.297 e. The third-order valence-corrected chi connectivity index (χ3v) is 6.00. The van der Waals surface area contributed by atoms with E-state index in [9.17, 15) is 35.4 Å². The van der Waals surface area contributed by atoms with Crippen molar-refractivity contribution in [3.63, 3.8) is 0 Å². The van der Waals surface area contributed by atoms with E-state index in [0.29, 0.717) is 6.42 Å². The van der Waals surface area contributed by atoms with Crippen molar-refractivity contribution >= 4 is 5.91 Å². The number of carbonyl (C=O) groups is 1. The highest BCUT2D eigenvalue weighted by atomic mass is 16.7. The van der Waals surface area contributed by atoms with Crippen LogP contribution in [-0.4, -0.2) is 98.7 Å². The second-order valence-electron chi connectivity index (χ2n) is 9.54. The second kappa shape index (κ2) is 26.4. The molecule has 1 saturated heterocycles. The molecular weight excluding hydrogens is 626 g/mol. The monoisotopic (exact) mass is 659 g/mol. The lowest BCUT2D eigenvalue weighted by Crippen LogP contribution is -2.60. The number of rotatable bonds is 11. The summed E-state index contributed by atoms with van der Waals surface area (Å²) < 4.78 is 10.8. The maximum atomic E-state index is 12.5. The molecule has 49 heavy (non-hydrogen) atoms. The van der Waals surface area contributed by atoms with E-state index in [1.54, 1.807) is 6.92 Å². The van der Waals surface area contributed by atoms with Crippen LogP contribution >= 0.6 is 0 Å². The Kier molecular flexibility index (Phi) is 22.3. The molecule has 0 radical (unpaired) electrons. The quantitative estimate of drug-likeness (QED) is 0.0949. The highest BCUT2D eigenvalue weighted by molar-refractivity contribution is 5.94. The summed E-state index contributed by atoms with van der Waals surface area (Å²) in [4.78, 5) is 12.5. The average Bonchev–Trinajstić information content (AvgIpc) is 3.10. The second-order valence-corrected chi connectivity index (χ2v) is 9.54. The number of aliphatic hydroxyl groups is 6. The Balaban J connectivity index is 2.77. The summed E-state index contributed by atoms with van der Waals surface area (Å²) in [7, 11) is 0. The number of hydrogen-bond donors (Lipinski definition) is 7. The minimum atomic E-state index is -1.70. The van der Waals surface area contributed by atoms with Crippen LogP contribution in [0, 0.1) is 130 Å². The molecule has 0 bridgehead atoms. The van der Waals surface area contributed by atoms with Gasteiger partial charge < -0.3 is 45.4 Å². The minimum Gasteiger partial charge on any atom is -0.394 e. The number of aliphatic hydroxyl groups excluding tert-OH is 6. The smallest absolute Gasteiger partial charge is 0.297 e. The van der Waals surface area contributed by atoms with Gasteiger partial charge in [-0.1, -0.05) is 32.1 Å².